The summed E-state index contributed by atoms with van der Waals surface area (Å²) < 4.78 is 29.2. The summed E-state index contributed by atoms with van der Waals surface area (Å²) in [7, 11) is -2.98. The second-order valence-electron chi connectivity index (χ2n) is 6.72. The standard InChI is InChI=1S/C19H31N3O3S/c1-4-20-19(21-10-11-26(23,24)5-2)22-13-17-9-6-15(3)12-18(17)25-14-16-7-8-16/h6,9,12,16H,4-5,7-8,10-11,13-14H2,1-3H3,(H2,20,21,22). The molecule has 0 atom stereocenters. The molecule has 0 heterocycles. The zero-order valence-corrected chi connectivity index (χ0v) is 16.9. The number of guanidine groups is 1. The van der Waals surface area contributed by atoms with Gasteiger partial charge in [0.2, 0.25) is 0 Å². The van der Waals surface area contributed by atoms with Crippen molar-refractivity contribution in [3.8, 4) is 5.75 Å². The van der Waals surface area contributed by atoms with Crippen LogP contribution in [0.15, 0.2) is 23.2 Å². The van der Waals surface area contributed by atoms with Crippen LogP contribution in [-0.2, 0) is 16.4 Å². The quantitative estimate of drug-likeness (QED) is 0.480. The van der Waals surface area contributed by atoms with Crippen molar-refractivity contribution in [1.82, 2.24) is 10.6 Å². The molecule has 0 spiro atoms. The van der Waals surface area contributed by atoms with Gasteiger partial charge in [0.05, 0.1) is 18.9 Å². The number of ether oxygens (including phenoxy) is 1. The smallest absolute Gasteiger partial charge is 0.191 e. The number of hydrogen-bond acceptors (Lipinski definition) is 4. The van der Waals surface area contributed by atoms with E-state index in [1.165, 1.54) is 18.4 Å². The van der Waals surface area contributed by atoms with Crippen molar-refractivity contribution in [2.45, 2.75) is 40.2 Å². The highest BCUT2D eigenvalue weighted by atomic mass is 32.2. The molecule has 0 unspecified atom stereocenters. The van der Waals surface area contributed by atoms with Crippen LogP contribution in [0.25, 0.3) is 0 Å². The van der Waals surface area contributed by atoms with E-state index in [0.29, 0.717) is 31.5 Å². The molecule has 1 aromatic rings. The van der Waals surface area contributed by atoms with E-state index in [2.05, 4.69) is 34.7 Å². The maximum Gasteiger partial charge on any atom is 0.191 e. The number of nitrogens with zero attached hydrogens (tertiary/aromatic N) is 1. The number of aliphatic imine (C=N–C) groups is 1. The first-order chi connectivity index (χ1) is 12.4. The molecule has 0 aromatic heterocycles. The van der Waals surface area contributed by atoms with Crippen LogP contribution in [0, 0.1) is 12.8 Å². The van der Waals surface area contributed by atoms with Gasteiger partial charge < -0.3 is 15.4 Å². The number of benzene rings is 1. The van der Waals surface area contributed by atoms with Crippen molar-refractivity contribution in [2.75, 3.05) is 31.2 Å². The molecule has 0 radical (unpaired) electrons. The molecule has 1 saturated carbocycles. The second kappa shape index (κ2) is 9.80. The monoisotopic (exact) mass is 381 g/mol. The SMILES string of the molecule is CCNC(=NCc1ccc(C)cc1OCC1CC1)NCCS(=O)(=O)CC. The summed E-state index contributed by atoms with van der Waals surface area (Å²) in [5.41, 5.74) is 2.20. The van der Waals surface area contributed by atoms with Crippen LogP contribution in [0.3, 0.4) is 0 Å². The Hall–Kier alpha value is -1.76. The van der Waals surface area contributed by atoms with Crippen LogP contribution in [0.1, 0.15) is 37.8 Å². The minimum Gasteiger partial charge on any atom is -0.493 e. The third-order valence-electron chi connectivity index (χ3n) is 4.29. The summed E-state index contributed by atoms with van der Waals surface area (Å²) in [6.07, 6.45) is 2.52. The van der Waals surface area contributed by atoms with Gasteiger partial charge in [-0.25, -0.2) is 13.4 Å². The molecule has 6 nitrogen and oxygen atoms in total. The molecule has 1 aromatic carbocycles. The molecule has 2 rings (SSSR count). The van der Waals surface area contributed by atoms with Crippen LogP contribution < -0.4 is 15.4 Å². The molecular weight excluding hydrogens is 350 g/mol. The zero-order valence-electron chi connectivity index (χ0n) is 16.0. The summed E-state index contributed by atoms with van der Waals surface area (Å²) >= 11 is 0. The fourth-order valence-electron chi connectivity index (χ4n) is 2.39. The topological polar surface area (TPSA) is 79.8 Å². The Kier molecular flexibility index (Phi) is 7.75. The van der Waals surface area contributed by atoms with Gasteiger partial charge in [-0.2, -0.15) is 0 Å². The highest BCUT2D eigenvalue weighted by Crippen LogP contribution is 2.30. The van der Waals surface area contributed by atoms with Crippen LogP contribution in [0.2, 0.25) is 0 Å². The fourth-order valence-corrected chi connectivity index (χ4v) is 3.10. The van der Waals surface area contributed by atoms with Crippen molar-refractivity contribution < 1.29 is 13.2 Å². The molecule has 1 aliphatic carbocycles. The lowest BCUT2D eigenvalue weighted by Gasteiger charge is -2.13. The lowest BCUT2D eigenvalue weighted by Crippen LogP contribution is -2.39. The van der Waals surface area contributed by atoms with E-state index in [0.717, 1.165) is 17.9 Å². The normalized spacial score (nSPS) is 15.0. The molecule has 0 aliphatic heterocycles. The van der Waals surface area contributed by atoms with Crippen LogP contribution >= 0.6 is 0 Å². The number of rotatable bonds is 10. The van der Waals surface area contributed by atoms with Crippen molar-refractivity contribution in [1.29, 1.82) is 0 Å². The van der Waals surface area contributed by atoms with E-state index in [1.807, 2.05) is 13.0 Å². The summed E-state index contributed by atoms with van der Waals surface area (Å²) in [5.74, 6) is 2.48. The van der Waals surface area contributed by atoms with Gasteiger partial charge in [0, 0.05) is 24.4 Å². The van der Waals surface area contributed by atoms with Gasteiger partial charge in [-0.1, -0.05) is 19.1 Å². The largest absolute Gasteiger partial charge is 0.493 e. The van der Waals surface area contributed by atoms with E-state index in [1.54, 1.807) is 6.92 Å². The van der Waals surface area contributed by atoms with E-state index in [-0.39, 0.29) is 11.5 Å². The minimum atomic E-state index is -2.98. The minimum absolute atomic E-state index is 0.105. The van der Waals surface area contributed by atoms with Crippen molar-refractivity contribution >= 4 is 15.8 Å². The molecule has 1 aliphatic rings. The molecule has 2 N–H and O–H groups in total. The number of nitrogens with one attached hydrogen (secondary N) is 2. The van der Waals surface area contributed by atoms with Crippen LogP contribution in [0.5, 0.6) is 5.75 Å². The molecule has 0 bridgehead atoms. The van der Waals surface area contributed by atoms with Crippen LogP contribution in [-0.4, -0.2) is 45.6 Å². The van der Waals surface area contributed by atoms with Crippen molar-refractivity contribution in [2.24, 2.45) is 10.9 Å². The molecule has 1 fully saturated rings. The van der Waals surface area contributed by atoms with E-state index >= 15 is 0 Å². The molecule has 0 saturated heterocycles. The molecule has 26 heavy (non-hydrogen) atoms. The van der Waals surface area contributed by atoms with Crippen molar-refractivity contribution in [3.05, 3.63) is 29.3 Å². The average molecular weight is 382 g/mol. The average Bonchev–Trinajstić information content (AvgIpc) is 3.43. The highest BCUT2D eigenvalue weighted by Gasteiger charge is 2.22. The maximum atomic E-state index is 11.6. The number of sulfone groups is 1. The third kappa shape index (κ3) is 7.23. The Labute approximate surface area is 157 Å². The van der Waals surface area contributed by atoms with Crippen LogP contribution in [0.4, 0.5) is 0 Å². The summed E-state index contributed by atoms with van der Waals surface area (Å²) in [4.78, 5) is 4.58. The summed E-state index contributed by atoms with van der Waals surface area (Å²) in [6.45, 7) is 8.01. The molecular formula is C19H31N3O3S. The van der Waals surface area contributed by atoms with Gasteiger partial charge in [-0.15, -0.1) is 0 Å². The number of aryl methyl sites for hydroxylation is 1. The highest BCUT2D eigenvalue weighted by molar-refractivity contribution is 7.91. The molecule has 7 heteroatoms. The lowest BCUT2D eigenvalue weighted by atomic mass is 10.1. The van der Waals surface area contributed by atoms with E-state index < -0.39 is 9.84 Å². The Bertz CT molecular complexity index is 713. The van der Waals surface area contributed by atoms with Gasteiger partial charge >= 0.3 is 0 Å². The first-order valence-electron chi connectivity index (χ1n) is 9.38. The summed E-state index contributed by atoms with van der Waals surface area (Å²) in [5, 5.41) is 6.24. The first-order valence-corrected chi connectivity index (χ1v) is 11.2. The van der Waals surface area contributed by atoms with Gasteiger partial charge in [0.25, 0.3) is 0 Å². The maximum absolute atomic E-state index is 11.6. The predicted molar refractivity (Wildman–Crippen MR) is 107 cm³/mol. The van der Waals surface area contributed by atoms with Gasteiger partial charge in [0.15, 0.2) is 15.8 Å². The Balaban J connectivity index is 1.98. The van der Waals surface area contributed by atoms with Gasteiger partial charge in [-0.3, -0.25) is 0 Å². The fraction of sp³-hybridized carbons (Fsp3) is 0.632. The Morgan fingerprint density at radius 2 is 2.04 bits per heavy atom. The van der Waals surface area contributed by atoms with Gasteiger partial charge in [0.1, 0.15) is 5.75 Å². The Morgan fingerprint density at radius 3 is 2.69 bits per heavy atom. The second-order valence-corrected chi connectivity index (χ2v) is 9.20. The molecule has 0 amide bonds. The van der Waals surface area contributed by atoms with E-state index in [4.69, 9.17) is 4.74 Å². The third-order valence-corrected chi connectivity index (χ3v) is 6.00. The first kappa shape index (κ1) is 20.6. The predicted octanol–water partition coefficient (Wildman–Crippen LogP) is 2.27. The Morgan fingerprint density at radius 1 is 1.27 bits per heavy atom. The number of hydrogen-bond donors (Lipinski definition) is 2. The van der Waals surface area contributed by atoms with Crippen molar-refractivity contribution in [3.63, 3.8) is 0 Å². The van der Waals surface area contributed by atoms with E-state index in [9.17, 15) is 8.42 Å². The molecule has 146 valence electrons. The zero-order chi connectivity index (χ0) is 19.0. The summed E-state index contributed by atoms with van der Waals surface area (Å²) in [6, 6.07) is 6.16. The lowest BCUT2D eigenvalue weighted by molar-refractivity contribution is 0.296. The van der Waals surface area contributed by atoms with Gasteiger partial charge in [-0.05, 0) is 44.2 Å².